The van der Waals surface area contributed by atoms with Gasteiger partial charge in [-0.3, -0.25) is 0 Å². The van der Waals surface area contributed by atoms with Crippen LogP contribution in [0.1, 0.15) is 0 Å². The van der Waals surface area contributed by atoms with Gasteiger partial charge in [-0.2, -0.15) is 0 Å². The third kappa shape index (κ3) is 1.56. The summed E-state index contributed by atoms with van der Waals surface area (Å²) < 4.78 is 0. The SMILES string of the molecule is [O-][n+]1nc(Cl)nc2c(Cl)cc(Cl)cc21. The first-order valence-electron chi connectivity index (χ1n) is 3.50. The summed E-state index contributed by atoms with van der Waals surface area (Å²) in [4.78, 5) is 4.16. The largest absolute Gasteiger partial charge is 0.594 e. The van der Waals surface area contributed by atoms with Gasteiger partial charge in [0.1, 0.15) is 0 Å². The average molecular weight is 250 g/mol. The number of fused-ring (bicyclic) bond motifs is 1. The molecule has 1 aromatic heterocycles. The van der Waals surface area contributed by atoms with E-state index >= 15 is 0 Å². The number of benzene rings is 1. The topological polar surface area (TPSA) is 52.7 Å². The Morgan fingerprint density at radius 2 is 1.93 bits per heavy atom. The first-order chi connectivity index (χ1) is 6.58. The molecule has 0 aliphatic carbocycles. The summed E-state index contributed by atoms with van der Waals surface area (Å²) in [7, 11) is 0. The van der Waals surface area contributed by atoms with E-state index in [4.69, 9.17) is 34.8 Å². The lowest BCUT2D eigenvalue weighted by Crippen LogP contribution is -2.32. The Kier molecular flexibility index (Phi) is 2.34. The van der Waals surface area contributed by atoms with Crippen molar-refractivity contribution in [2.45, 2.75) is 0 Å². The predicted molar refractivity (Wildman–Crippen MR) is 53.5 cm³/mol. The number of nitrogens with zero attached hydrogens (tertiary/aromatic N) is 3. The molecule has 2 aromatic rings. The van der Waals surface area contributed by atoms with E-state index in [1.807, 2.05) is 0 Å². The van der Waals surface area contributed by atoms with E-state index in [9.17, 15) is 5.21 Å². The van der Waals surface area contributed by atoms with Crippen molar-refractivity contribution in [1.29, 1.82) is 0 Å². The van der Waals surface area contributed by atoms with Crippen LogP contribution < -0.4 is 4.85 Å². The van der Waals surface area contributed by atoms with Gasteiger partial charge in [-0.25, -0.2) is 4.98 Å². The van der Waals surface area contributed by atoms with Gasteiger partial charge in [-0.15, -0.1) is 0 Å². The summed E-state index contributed by atoms with van der Waals surface area (Å²) >= 11 is 17.0. The molecule has 0 saturated heterocycles. The third-order valence-corrected chi connectivity index (χ3v) is 2.26. The molecule has 0 unspecified atom stereocenters. The molecule has 0 saturated carbocycles. The molecule has 0 spiro atoms. The zero-order valence-electron chi connectivity index (χ0n) is 6.54. The van der Waals surface area contributed by atoms with E-state index in [0.29, 0.717) is 9.87 Å². The highest BCUT2D eigenvalue weighted by molar-refractivity contribution is 6.38. The van der Waals surface area contributed by atoms with Crippen LogP contribution in [0.3, 0.4) is 0 Å². The maximum atomic E-state index is 11.3. The van der Waals surface area contributed by atoms with Gasteiger partial charge in [0.15, 0.2) is 5.52 Å². The van der Waals surface area contributed by atoms with Gasteiger partial charge in [0.05, 0.1) is 5.02 Å². The summed E-state index contributed by atoms with van der Waals surface area (Å²) in [5, 5.41) is 15.1. The fraction of sp³-hybridized carbons (Fsp3) is 0. The number of hydrogen-bond acceptors (Lipinski definition) is 3. The van der Waals surface area contributed by atoms with Crippen LogP contribution >= 0.6 is 34.8 Å². The van der Waals surface area contributed by atoms with Gasteiger partial charge in [-0.05, 0) is 22.5 Å². The Balaban J connectivity index is 2.94. The van der Waals surface area contributed by atoms with Gasteiger partial charge in [-0.1, -0.05) is 23.2 Å². The van der Waals surface area contributed by atoms with Gasteiger partial charge in [0.25, 0.3) is 10.8 Å². The minimum Gasteiger partial charge on any atom is -0.594 e. The Morgan fingerprint density at radius 3 is 2.64 bits per heavy atom. The molecule has 72 valence electrons. The molecule has 0 amide bonds. The summed E-state index contributed by atoms with van der Waals surface area (Å²) in [5.41, 5.74) is 0.470. The molecular formula is C7H2Cl3N3O. The lowest BCUT2D eigenvalue weighted by Gasteiger charge is -2.00. The standard InChI is InChI=1S/C7H2Cl3N3O/c8-3-1-4(9)6-5(2-3)13(14)12-7(10)11-6/h1-2H. The minimum atomic E-state index is -0.156. The lowest BCUT2D eigenvalue weighted by atomic mass is 10.3. The van der Waals surface area contributed by atoms with Gasteiger partial charge >= 0.3 is 0 Å². The van der Waals surface area contributed by atoms with E-state index < -0.39 is 0 Å². The highest BCUT2D eigenvalue weighted by Gasteiger charge is 2.13. The van der Waals surface area contributed by atoms with Crippen LogP contribution in [0.2, 0.25) is 15.3 Å². The van der Waals surface area contributed by atoms with Crippen molar-refractivity contribution in [3.8, 4) is 0 Å². The molecule has 1 aromatic carbocycles. The molecule has 0 bridgehead atoms. The van der Waals surface area contributed by atoms with Crippen LogP contribution in [-0.4, -0.2) is 10.1 Å². The van der Waals surface area contributed by atoms with E-state index in [-0.39, 0.29) is 21.3 Å². The van der Waals surface area contributed by atoms with Crippen LogP contribution in [0.25, 0.3) is 11.0 Å². The molecule has 0 aliphatic rings. The average Bonchev–Trinajstić information content (AvgIpc) is 2.07. The maximum absolute atomic E-state index is 11.3. The Bertz CT molecular complexity index is 470. The minimum absolute atomic E-state index is 0.156. The summed E-state index contributed by atoms with van der Waals surface area (Å²) in [6, 6.07) is 2.90. The van der Waals surface area contributed by atoms with Crippen molar-refractivity contribution in [1.82, 2.24) is 10.1 Å². The van der Waals surface area contributed by atoms with Crippen molar-refractivity contribution in [2.75, 3.05) is 0 Å². The van der Waals surface area contributed by atoms with Crippen LogP contribution in [-0.2, 0) is 0 Å². The summed E-state index contributed by atoms with van der Waals surface area (Å²) in [5.74, 6) is 0. The fourth-order valence-electron chi connectivity index (χ4n) is 1.05. The molecule has 1 heterocycles. The van der Waals surface area contributed by atoms with Crippen LogP contribution in [0.5, 0.6) is 0 Å². The smallest absolute Gasteiger partial charge is 0.290 e. The molecule has 0 N–H and O–H groups in total. The Labute approximate surface area is 93.6 Å². The highest BCUT2D eigenvalue weighted by Crippen LogP contribution is 2.24. The Morgan fingerprint density at radius 1 is 1.21 bits per heavy atom. The van der Waals surface area contributed by atoms with E-state index in [2.05, 4.69) is 10.1 Å². The third-order valence-electron chi connectivity index (χ3n) is 1.59. The molecule has 0 aliphatic heterocycles. The summed E-state index contributed by atoms with van der Waals surface area (Å²) in [6.07, 6.45) is 0. The Hall–Kier alpha value is -0.840. The monoisotopic (exact) mass is 249 g/mol. The highest BCUT2D eigenvalue weighted by atomic mass is 35.5. The second-order valence-corrected chi connectivity index (χ2v) is 3.69. The quantitative estimate of drug-likeness (QED) is 0.532. The second kappa shape index (κ2) is 3.38. The van der Waals surface area contributed by atoms with Gasteiger partial charge in [0, 0.05) is 16.2 Å². The van der Waals surface area contributed by atoms with Crippen LogP contribution in [0.4, 0.5) is 0 Å². The number of halogens is 3. The maximum Gasteiger partial charge on any atom is 0.290 e. The van der Waals surface area contributed by atoms with Crippen molar-refractivity contribution in [2.24, 2.45) is 0 Å². The second-order valence-electron chi connectivity index (χ2n) is 2.51. The van der Waals surface area contributed by atoms with E-state index in [1.54, 1.807) is 0 Å². The van der Waals surface area contributed by atoms with Crippen LogP contribution in [0, 0.1) is 5.21 Å². The van der Waals surface area contributed by atoms with Crippen LogP contribution in [0.15, 0.2) is 12.1 Å². The number of aromatic nitrogens is 3. The summed E-state index contributed by atoms with van der Waals surface area (Å²) in [6.45, 7) is 0. The van der Waals surface area contributed by atoms with Crippen molar-refractivity contribution in [3.05, 3.63) is 32.7 Å². The molecule has 0 atom stereocenters. The zero-order valence-corrected chi connectivity index (χ0v) is 8.81. The van der Waals surface area contributed by atoms with E-state index in [0.717, 1.165) is 0 Å². The molecule has 2 rings (SSSR count). The molecule has 4 nitrogen and oxygen atoms in total. The number of hydrogen-bond donors (Lipinski definition) is 0. The van der Waals surface area contributed by atoms with Gasteiger partial charge < -0.3 is 5.21 Å². The first-order valence-corrected chi connectivity index (χ1v) is 4.63. The number of rotatable bonds is 0. The van der Waals surface area contributed by atoms with Gasteiger partial charge in [0.2, 0.25) is 0 Å². The van der Waals surface area contributed by atoms with E-state index in [1.165, 1.54) is 12.1 Å². The predicted octanol–water partition coefficient (Wildman–Crippen LogP) is 2.22. The first kappa shape index (κ1) is 9.71. The van der Waals surface area contributed by atoms with Crippen molar-refractivity contribution >= 4 is 45.8 Å². The molecule has 7 heteroatoms. The molecule has 0 radical (unpaired) electrons. The molecule has 14 heavy (non-hydrogen) atoms. The van der Waals surface area contributed by atoms with Crippen molar-refractivity contribution in [3.63, 3.8) is 0 Å². The fourth-order valence-corrected chi connectivity index (χ4v) is 1.73. The lowest BCUT2D eigenvalue weighted by molar-refractivity contribution is -0.642. The molecule has 0 fully saturated rings. The normalized spacial score (nSPS) is 10.8. The van der Waals surface area contributed by atoms with Crippen molar-refractivity contribution < 1.29 is 4.85 Å². The molecular weight excluding hydrogens is 248 g/mol. The zero-order chi connectivity index (χ0) is 10.3.